The SMILES string of the molecule is COc1ccc(CNC(=O)c2cnc(NCC3CCCO3)nc2)cc1OC. The molecule has 2 heterocycles. The van der Waals surface area contributed by atoms with Crippen molar-refractivity contribution in [2.45, 2.75) is 25.5 Å². The summed E-state index contributed by atoms with van der Waals surface area (Å²) in [6.07, 6.45) is 5.36. The minimum Gasteiger partial charge on any atom is -0.493 e. The predicted octanol–water partition coefficient (Wildman–Crippen LogP) is 2.01. The Labute approximate surface area is 158 Å². The second-order valence-electron chi connectivity index (χ2n) is 6.18. The Kier molecular flexibility index (Phi) is 6.43. The number of hydrogen-bond donors (Lipinski definition) is 2. The van der Waals surface area contributed by atoms with Gasteiger partial charge in [-0.25, -0.2) is 9.97 Å². The van der Waals surface area contributed by atoms with E-state index in [9.17, 15) is 4.79 Å². The Morgan fingerprint density at radius 1 is 1.22 bits per heavy atom. The third-order valence-corrected chi connectivity index (χ3v) is 4.33. The topological polar surface area (TPSA) is 94.6 Å². The van der Waals surface area contributed by atoms with Crippen LogP contribution in [-0.4, -0.2) is 49.4 Å². The van der Waals surface area contributed by atoms with Crippen LogP contribution in [0.5, 0.6) is 11.5 Å². The summed E-state index contributed by atoms with van der Waals surface area (Å²) in [5.41, 5.74) is 1.30. The number of nitrogens with one attached hydrogen (secondary N) is 2. The molecule has 1 aliphatic heterocycles. The van der Waals surface area contributed by atoms with Crippen molar-refractivity contribution in [3.05, 3.63) is 41.7 Å². The Morgan fingerprint density at radius 2 is 2.00 bits per heavy atom. The summed E-state index contributed by atoms with van der Waals surface area (Å²) >= 11 is 0. The van der Waals surface area contributed by atoms with Crippen LogP contribution in [0.2, 0.25) is 0 Å². The lowest BCUT2D eigenvalue weighted by atomic mass is 10.2. The van der Waals surface area contributed by atoms with Crippen molar-refractivity contribution in [2.75, 3.05) is 32.7 Å². The first-order valence-corrected chi connectivity index (χ1v) is 8.86. The molecule has 3 rings (SSSR count). The highest BCUT2D eigenvalue weighted by Crippen LogP contribution is 2.27. The minimum atomic E-state index is -0.240. The molecule has 8 nitrogen and oxygen atoms in total. The predicted molar refractivity (Wildman–Crippen MR) is 100 cm³/mol. The van der Waals surface area contributed by atoms with E-state index in [4.69, 9.17) is 14.2 Å². The molecule has 2 aromatic rings. The number of nitrogens with zero attached hydrogens (tertiary/aromatic N) is 2. The largest absolute Gasteiger partial charge is 0.493 e. The van der Waals surface area contributed by atoms with Crippen LogP contribution in [0.4, 0.5) is 5.95 Å². The van der Waals surface area contributed by atoms with Gasteiger partial charge in [0.05, 0.1) is 25.9 Å². The van der Waals surface area contributed by atoms with Crippen LogP contribution in [0, 0.1) is 0 Å². The van der Waals surface area contributed by atoms with E-state index in [1.165, 1.54) is 12.4 Å². The van der Waals surface area contributed by atoms with Gasteiger partial charge in [-0.1, -0.05) is 6.07 Å². The van der Waals surface area contributed by atoms with Gasteiger partial charge in [0, 0.05) is 32.1 Å². The van der Waals surface area contributed by atoms with Crippen LogP contribution >= 0.6 is 0 Å². The highest BCUT2D eigenvalue weighted by Gasteiger charge is 2.15. The standard InChI is InChI=1S/C19H24N4O4/c1-25-16-6-5-13(8-17(16)26-2)9-20-18(24)14-10-21-19(22-11-14)23-12-15-4-3-7-27-15/h5-6,8,10-11,15H,3-4,7,9,12H2,1-2H3,(H,20,24)(H,21,22,23). The maximum atomic E-state index is 12.3. The molecule has 1 atom stereocenters. The average Bonchev–Trinajstić information content (AvgIpc) is 3.24. The van der Waals surface area contributed by atoms with Gasteiger partial charge in [0.25, 0.3) is 5.91 Å². The number of anilines is 1. The van der Waals surface area contributed by atoms with Crippen molar-refractivity contribution in [1.82, 2.24) is 15.3 Å². The van der Waals surface area contributed by atoms with Crippen molar-refractivity contribution in [2.24, 2.45) is 0 Å². The molecule has 1 saturated heterocycles. The molecule has 0 aliphatic carbocycles. The zero-order valence-electron chi connectivity index (χ0n) is 15.5. The van der Waals surface area contributed by atoms with Crippen LogP contribution in [0.25, 0.3) is 0 Å². The molecule has 1 unspecified atom stereocenters. The van der Waals surface area contributed by atoms with Crippen molar-refractivity contribution >= 4 is 11.9 Å². The summed E-state index contributed by atoms with van der Waals surface area (Å²) in [6.45, 7) is 1.84. The molecular formula is C19H24N4O4. The van der Waals surface area contributed by atoms with E-state index in [1.54, 1.807) is 20.3 Å². The fourth-order valence-corrected chi connectivity index (χ4v) is 2.82. The number of benzene rings is 1. The number of methoxy groups -OCH3 is 2. The second kappa shape index (κ2) is 9.18. The van der Waals surface area contributed by atoms with Crippen LogP contribution in [0.3, 0.4) is 0 Å². The van der Waals surface area contributed by atoms with Gasteiger partial charge in [-0.3, -0.25) is 4.79 Å². The number of carbonyl (C=O) groups is 1. The lowest BCUT2D eigenvalue weighted by molar-refractivity contribution is 0.0950. The highest BCUT2D eigenvalue weighted by atomic mass is 16.5. The van der Waals surface area contributed by atoms with Gasteiger partial charge < -0.3 is 24.8 Å². The molecule has 1 aromatic carbocycles. The molecular weight excluding hydrogens is 348 g/mol. The number of ether oxygens (including phenoxy) is 3. The molecule has 0 saturated carbocycles. The Hall–Kier alpha value is -2.87. The molecule has 144 valence electrons. The van der Waals surface area contributed by atoms with Gasteiger partial charge in [-0.15, -0.1) is 0 Å². The Morgan fingerprint density at radius 3 is 2.67 bits per heavy atom. The third-order valence-electron chi connectivity index (χ3n) is 4.33. The third kappa shape index (κ3) is 5.07. The summed E-state index contributed by atoms with van der Waals surface area (Å²) in [6, 6.07) is 5.50. The summed E-state index contributed by atoms with van der Waals surface area (Å²) in [5.74, 6) is 1.51. The van der Waals surface area contributed by atoms with Crippen LogP contribution in [0.1, 0.15) is 28.8 Å². The van der Waals surface area contributed by atoms with Crippen LogP contribution in [-0.2, 0) is 11.3 Å². The van der Waals surface area contributed by atoms with Gasteiger partial charge in [-0.2, -0.15) is 0 Å². The summed E-state index contributed by atoms with van der Waals surface area (Å²) in [4.78, 5) is 20.7. The Balaban J connectivity index is 1.51. The number of rotatable bonds is 8. The summed E-state index contributed by atoms with van der Waals surface area (Å²) in [5, 5.41) is 5.97. The lowest BCUT2D eigenvalue weighted by Crippen LogP contribution is -2.24. The summed E-state index contributed by atoms with van der Waals surface area (Å²) in [7, 11) is 3.16. The molecule has 1 aliphatic rings. The first-order chi connectivity index (χ1) is 13.2. The van der Waals surface area contributed by atoms with E-state index in [0.717, 1.165) is 25.0 Å². The fourth-order valence-electron chi connectivity index (χ4n) is 2.82. The molecule has 1 fully saturated rings. The van der Waals surface area contributed by atoms with Gasteiger partial charge in [0.2, 0.25) is 5.95 Å². The number of amides is 1. The molecule has 2 N–H and O–H groups in total. The van der Waals surface area contributed by atoms with Crippen molar-refractivity contribution in [3.63, 3.8) is 0 Å². The van der Waals surface area contributed by atoms with E-state index in [1.807, 2.05) is 12.1 Å². The highest BCUT2D eigenvalue weighted by molar-refractivity contribution is 5.93. The quantitative estimate of drug-likeness (QED) is 0.732. The van der Waals surface area contributed by atoms with E-state index in [-0.39, 0.29) is 12.0 Å². The molecule has 0 spiro atoms. The molecule has 0 radical (unpaired) electrons. The lowest BCUT2D eigenvalue weighted by Gasteiger charge is -2.11. The number of aromatic nitrogens is 2. The second-order valence-corrected chi connectivity index (χ2v) is 6.18. The monoisotopic (exact) mass is 372 g/mol. The van der Waals surface area contributed by atoms with Gasteiger partial charge in [-0.05, 0) is 30.5 Å². The van der Waals surface area contributed by atoms with Crippen molar-refractivity contribution < 1.29 is 19.0 Å². The number of hydrogen-bond acceptors (Lipinski definition) is 7. The molecule has 0 bridgehead atoms. The van der Waals surface area contributed by atoms with E-state index >= 15 is 0 Å². The smallest absolute Gasteiger partial charge is 0.254 e. The van der Waals surface area contributed by atoms with Gasteiger partial charge in [0.1, 0.15) is 0 Å². The van der Waals surface area contributed by atoms with Crippen LogP contribution < -0.4 is 20.1 Å². The van der Waals surface area contributed by atoms with Crippen LogP contribution in [0.15, 0.2) is 30.6 Å². The maximum absolute atomic E-state index is 12.3. The van der Waals surface area contributed by atoms with Gasteiger partial charge >= 0.3 is 0 Å². The van der Waals surface area contributed by atoms with E-state index in [2.05, 4.69) is 20.6 Å². The van der Waals surface area contributed by atoms with Crippen molar-refractivity contribution in [1.29, 1.82) is 0 Å². The van der Waals surface area contributed by atoms with E-state index < -0.39 is 0 Å². The first-order valence-electron chi connectivity index (χ1n) is 8.86. The summed E-state index contributed by atoms with van der Waals surface area (Å²) < 4.78 is 16.0. The molecule has 27 heavy (non-hydrogen) atoms. The minimum absolute atomic E-state index is 0.207. The molecule has 1 amide bonds. The normalized spacial score (nSPS) is 16.0. The van der Waals surface area contributed by atoms with Crippen molar-refractivity contribution in [3.8, 4) is 11.5 Å². The average molecular weight is 372 g/mol. The molecule has 8 heteroatoms. The maximum Gasteiger partial charge on any atom is 0.254 e. The van der Waals surface area contributed by atoms with E-state index in [0.29, 0.717) is 36.1 Å². The fraction of sp³-hybridized carbons (Fsp3) is 0.421. The Bertz CT molecular complexity index is 761. The molecule has 1 aromatic heterocycles. The zero-order chi connectivity index (χ0) is 19.1. The number of carbonyl (C=O) groups excluding carboxylic acids is 1. The van der Waals surface area contributed by atoms with Gasteiger partial charge in [0.15, 0.2) is 11.5 Å². The first kappa shape index (κ1) is 18.9. The zero-order valence-corrected chi connectivity index (χ0v) is 15.5.